The zero-order chi connectivity index (χ0) is 22.0. The van der Waals surface area contributed by atoms with E-state index in [0.717, 1.165) is 10.4 Å². The third-order valence-corrected chi connectivity index (χ3v) is 11.7. The van der Waals surface area contributed by atoms with Crippen LogP contribution in [0, 0.1) is 0 Å². The Morgan fingerprint density at radius 1 is 1.17 bits per heavy atom. The molecule has 0 saturated carbocycles. The molecule has 1 saturated heterocycles. The van der Waals surface area contributed by atoms with Crippen molar-refractivity contribution in [1.29, 1.82) is 0 Å². The SMILES string of the molecule is C=C[C@]1(CO[Si](c2ccccc2)(c2ccccc2)C(C)(C)C)NS(=O)(=O)OC[C@@H]1O. The molecule has 8 heteroatoms. The first-order valence-corrected chi connectivity index (χ1v) is 13.1. The van der Waals surface area contributed by atoms with Crippen molar-refractivity contribution in [2.24, 2.45) is 0 Å². The lowest BCUT2D eigenvalue weighted by molar-refractivity contribution is 0.0110. The standard InChI is InChI=1S/C22H29NO5SSi/c1-5-22(20(24)16-27-29(25,26)23-22)17-28-30(21(2,3)4,18-12-8-6-9-13-18)19-14-10-7-11-15-19/h5-15,20,23-24H,1,16-17H2,2-4H3/t20-,22+/m0/s1. The molecule has 2 aromatic rings. The maximum absolute atomic E-state index is 12.1. The van der Waals surface area contributed by atoms with Gasteiger partial charge in [0.2, 0.25) is 0 Å². The lowest BCUT2D eigenvalue weighted by atomic mass is 9.95. The Kier molecular flexibility index (Phi) is 6.38. The van der Waals surface area contributed by atoms with E-state index >= 15 is 0 Å². The highest BCUT2D eigenvalue weighted by molar-refractivity contribution is 7.84. The summed E-state index contributed by atoms with van der Waals surface area (Å²) in [6, 6.07) is 20.0. The third kappa shape index (κ3) is 4.16. The van der Waals surface area contributed by atoms with Crippen LogP contribution in [0.3, 0.4) is 0 Å². The first-order chi connectivity index (χ1) is 14.1. The fraction of sp³-hybridized carbons (Fsp3) is 0.364. The molecule has 2 aromatic carbocycles. The fourth-order valence-corrected chi connectivity index (χ4v) is 9.71. The largest absolute Gasteiger partial charge is 0.405 e. The fourth-order valence-electron chi connectivity index (χ4n) is 3.98. The van der Waals surface area contributed by atoms with Crippen molar-refractivity contribution >= 4 is 29.0 Å². The topological polar surface area (TPSA) is 84.9 Å². The monoisotopic (exact) mass is 447 g/mol. The second-order valence-corrected chi connectivity index (χ2v) is 14.2. The number of nitrogens with one attached hydrogen (secondary N) is 1. The predicted molar refractivity (Wildman–Crippen MR) is 121 cm³/mol. The average Bonchev–Trinajstić information content (AvgIpc) is 2.71. The van der Waals surface area contributed by atoms with Crippen LogP contribution >= 0.6 is 0 Å². The molecule has 30 heavy (non-hydrogen) atoms. The van der Waals surface area contributed by atoms with E-state index in [1.54, 1.807) is 0 Å². The van der Waals surface area contributed by atoms with Gasteiger partial charge in [0.05, 0.1) is 13.2 Å². The molecule has 1 fully saturated rings. The maximum atomic E-state index is 12.1. The molecule has 0 unspecified atom stereocenters. The van der Waals surface area contributed by atoms with Crippen molar-refractivity contribution in [2.75, 3.05) is 13.2 Å². The van der Waals surface area contributed by atoms with Gasteiger partial charge < -0.3 is 9.53 Å². The Morgan fingerprint density at radius 2 is 1.67 bits per heavy atom. The zero-order valence-electron chi connectivity index (χ0n) is 17.5. The van der Waals surface area contributed by atoms with Gasteiger partial charge in [0.25, 0.3) is 8.32 Å². The van der Waals surface area contributed by atoms with Crippen LogP contribution in [0.25, 0.3) is 0 Å². The van der Waals surface area contributed by atoms with Gasteiger partial charge in [-0.1, -0.05) is 87.5 Å². The van der Waals surface area contributed by atoms with Crippen LogP contribution in [0.1, 0.15) is 20.8 Å². The minimum atomic E-state index is -4.01. The summed E-state index contributed by atoms with van der Waals surface area (Å²) in [7, 11) is -6.92. The van der Waals surface area contributed by atoms with E-state index in [9.17, 15) is 13.5 Å². The van der Waals surface area contributed by atoms with Gasteiger partial charge in [-0.05, 0) is 15.4 Å². The van der Waals surface area contributed by atoms with Gasteiger partial charge >= 0.3 is 10.3 Å². The molecule has 2 atom stereocenters. The molecule has 0 amide bonds. The third-order valence-electron chi connectivity index (χ3n) is 5.60. The number of aliphatic hydroxyl groups is 1. The Balaban J connectivity index is 2.13. The quantitative estimate of drug-likeness (QED) is 0.520. The van der Waals surface area contributed by atoms with E-state index in [1.807, 2.05) is 36.4 Å². The molecule has 2 N–H and O–H groups in total. The Bertz CT molecular complexity index is 936. The molecule has 1 aliphatic heterocycles. The summed E-state index contributed by atoms with van der Waals surface area (Å²) in [5.74, 6) is 0. The summed E-state index contributed by atoms with van der Waals surface area (Å²) in [5, 5.41) is 12.4. The summed E-state index contributed by atoms with van der Waals surface area (Å²) < 4.78 is 38.1. The van der Waals surface area contributed by atoms with Gasteiger partial charge in [0.1, 0.15) is 11.6 Å². The predicted octanol–water partition coefficient (Wildman–Crippen LogP) is 1.71. The average molecular weight is 448 g/mol. The molecular formula is C22H29NO5SSi. The van der Waals surface area contributed by atoms with Crippen molar-refractivity contribution in [3.05, 3.63) is 73.3 Å². The normalized spacial score (nSPS) is 24.3. The van der Waals surface area contributed by atoms with Gasteiger partial charge in [0, 0.05) is 0 Å². The zero-order valence-corrected chi connectivity index (χ0v) is 19.4. The van der Waals surface area contributed by atoms with Crippen LogP contribution in [0.4, 0.5) is 0 Å². The number of hydrogen-bond acceptors (Lipinski definition) is 5. The van der Waals surface area contributed by atoms with Gasteiger partial charge in [-0.15, -0.1) is 6.58 Å². The van der Waals surface area contributed by atoms with E-state index in [-0.39, 0.29) is 18.3 Å². The smallest absolute Gasteiger partial charge is 0.336 e. The van der Waals surface area contributed by atoms with Crippen molar-refractivity contribution in [3.8, 4) is 0 Å². The highest BCUT2D eigenvalue weighted by Gasteiger charge is 2.53. The number of aliphatic hydroxyl groups excluding tert-OH is 1. The summed E-state index contributed by atoms with van der Waals surface area (Å²) >= 11 is 0. The van der Waals surface area contributed by atoms with Crippen molar-refractivity contribution in [2.45, 2.75) is 37.5 Å². The number of rotatable bonds is 6. The van der Waals surface area contributed by atoms with Crippen LogP contribution in [0.2, 0.25) is 5.04 Å². The van der Waals surface area contributed by atoms with Crippen molar-refractivity contribution in [1.82, 2.24) is 4.72 Å². The highest BCUT2D eigenvalue weighted by atomic mass is 32.2. The second kappa shape index (κ2) is 8.37. The highest BCUT2D eigenvalue weighted by Crippen LogP contribution is 2.37. The molecule has 162 valence electrons. The van der Waals surface area contributed by atoms with Crippen LogP contribution in [0.5, 0.6) is 0 Å². The molecule has 6 nitrogen and oxygen atoms in total. The van der Waals surface area contributed by atoms with Crippen LogP contribution < -0.4 is 15.1 Å². The Labute approximate surface area is 179 Å². The maximum Gasteiger partial charge on any atom is 0.336 e. The van der Waals surface area contributed by atoms with E-state index in [4.69, 9.17) is 8.61 Å². The molecule has 0 aliphatic carbocycles. The first-order valence-electron chi connectivity index (χ1n) is 9.81. The van der Waals surface area contributed by atoms with Crippen molar-refractivity contribution < 1.29 is 22.1 Å². The molecule has 1 heterocycles. The summed E-state index contributed by atoms with van der Waals surface area (Å²) in [6.45, 7) is 9.73. The minimum Gasteiger partial charge on any atom is -0.405 e. The van der Waals surface area contributed by atoms with E-state index < -0.39 is 30.3 Å². The summed E-state index contributed by atoms with van der Waals surface area (Å²) in [5.41, 5.74) is -1.38. The molecule has 1 aliphatic rings. The Morgan fingerprint density at radius 3 is 2.10 bits per heavy atom. The van der Waals surface area contributed by atoms with Crippen LogP contribution in [-0.4, -0.2) is 46.7 Å². The van der Waals surface area contributed by atoms with Crippen LogP contribution in [-0.2, 0) is 18.9 Å². The molecule has 0 aromatic heterocycles. The second-order valence-electron chi connectivity index (χ2n) is 8.55. The lowest BCUT2D eigenvalue weighted by Gasteiger charge is -2.46. The van der Waals surface area contributed by atoms with Gasteiger partial charge in [-0.2, -0.15) is 13.1 Å². The summed E-state index contributed by atoms with van der Waals surface area (Å²) in [6.07, 6.45) is 0.270. The molecule has 3 rings (SSSR count). The first kappa shape index (κ1) is 22.9. The molecule has 0 bridgehead atoms. The lowest BCUT2D eigenvalue weighted by Crippen LogP contribution is -2.70. The van der Waals surface area contributed by atoms with E-state index in [0.29, 0.717) is 0 Å². The molecule has 0 radical (unpaired) electrons. The van der Waals surface area contributed by atoms with Crippen LogP contribution in [0.15, 0.2) is 73.3 Å². The molecule has 0 spiro atoms. The van der Waals surface area contributed by atoms with Gasteiger partial charge in [0.15, 0.2) is 0 Å². The minimum absolute atomic E-state index is 0.0759. The number of benzene rings is 2. The molecular weight excluding hydrogens is 418 g/mol. The summed E-state index contributed by atoms with van der Waals surface area (Å²) in [4.78, 5) is 0. The van der Waals surface area contributed by atoms with Crippen molar-refractivity contribution in [3.63, 3.8) is 0 Å². The van der Waals surface area contributed by atoms with E-state index in [1.165, 1.54) is 6.08 Å². The van der Waals surface area contributed by atoms with E-state index in [2.05, 4.69) is 56.3 Å². The Hall–Kier alpha value is -1.81. The van der Waals surface area contributed by atoms with Gasteiger partial charge in [-0.25, -0.2) is 0 Å². The number of hydrogen-bond donors (Lipinski definition) is 2. The van der Waals surface area contributed by atoms with Gasteiger partial charge in [-0.3, -0.25) is 4.18 Å².